The van der Waals surface area contributed by atoms with Crippen LogP contribution in [0.1, 0.15) is 32.1 Å². The van der Waals surface area contributed by atoms with E-state index in [1.807, 2.05) is 0 Å². The molecular formula is C12H16F2O. The lowest BCUT2D eigenvalue weighted by Crippen LogP contribution is -2.09. The van der Waals surface area contributed by atoms with Gasteiger partial charge in [0.2, 0.25) is 0 Å². The summed E-state index contributed by atoms with van der Waals surface area (Å²) in [6.45, 7) is 6.50. The summed E-state index contributed by atoms with van der Waals surface area (Å²) in [5.41, 5.74) is 0.155. The van der Waals surface area contributed by atoms with Gasteiger partial charge in [-0.3, -0.25) is 0 Å². The third kappa shape index (κ3) is 2.91. The second-order valence-electron chi connectivity index (χ2n) is 3.93. The van der Waals surface area contributed by atoms with Crippen LogP contribution >= 0.6 is 0 Å². The topological polar surface area (TPSA) is 20.2 Å². The number of rotatable bonds is 3. The summed E-state index contributed by atoms with van der Waals surface area (Å²) in [7, 11) is 0. The largest absolute Gasteiger partial charge is 0.505 e. The summed E-state index contributed by atoms with van der Waals surface area (Å²) in [4.78, 5) is 0. The van der Waals surface area contributed by atoms with Crippen LogP contribution in [-0.2, 0) is 0 Å². The maximum atomic E-state index is 13.4. The van der Waals surface area contributed by atoms with Crippen LogP contribution < -0.4 is 0 Å². The molecule has 0 radical (unpaired) electrons. The molecule has 0 spiro atoms. The number of aliphatic hydroxyl groups is 1. The van der Waals surface area contributed by atoms with E-state index in [2.05, 4.69) is 13.2 Å². The van der Waals surface area contributed by atoms with Gasteiger partial charge in [-0.15, -0.1) is 0 Å². The molecule has 1 rings (SSSR count). The number of hydrogen-bond donors (Lipinski definition) is 1. The first-order chi connectivity index (χ1) is 7.04. The number of aliphatic hydroxyl groups excluding tert-OH is 1. The lowest BCUT2D eigenvalue weighted by molar-refractivity contribution is 0.367. The van der Waals surface area contributed by atoms with Crippen molar-refractivity contribution in [3.8, 4) is 0 Å². The Bertz CT molecular complexity index is 299. The van der Waals surface area contributed by atoms with Gasteiger partial charge in [-0.1, -0.05) is 32.4 Å². The van der Waals surface area contributed by atoms with Gasteiger partial charge in [0.1, 0.15) is 5.76 Å². The smallest absolute Gasteiger partial charge is 0.199 e. The highest BCUT2D eigenvalue weighted by atomic mass is 19.2. The van der Waals surface area contributed by atoms with Crippen LogP contribution in [0.4, 0.5) is 8.78 Å². The second-order valence-corrected chi connectivity index (χ2v) is 3.93. The van der Waals surface area contributed by atoms with E-state index in [9.17, 15) is 8.78 Å². The van der Waals surface area contributed by atoms with Crippen molar-refractivity contribution < 1.29 is 13.9 Å². The molecule has 0 unspecified atom stereocenters. The van der Waals surface area contributed by atoms with Crippen molar-refractivity contribution >= 4 is 0 Å². The van der Waals surface area contributed by atoms with E-state index in [0.29, 0.717) is 0 Å². The van der Waals surface area contributed by atoms with Crippen LogP contribution in [0.2, 0.25) is 0 Å². The molecule has 1 nitrogen and oxygen atoms in total. The van der Waals surface area contributed by atoms with E-state index in [1.165, 1.54) is 0 Å². The molecule has 3 heteroatoms. The predicted molar refractivity (Wildman–Crippen MR) is 56.7 cm³/mol. The molecule has 0 heterocycles. The zero-order valence-corrected chi connectivity index (χ0v) is 8.73. The summed E-state index contributed by atoms with van der Waals surface area (Å²) in [5.74, 6) is -3.20. The minimum atomic E-state index is -1.29. The van der Waals surface area contributed by atoms with Crippen LogP contribution in [0.5, 0.6) is 0 Å². The van der Waals surface area contributed by atoms with Gasteiger partial charge in [0.15, 0.2) is 11.7 Å². The van der Waals surface area contributed by atoms with Gasteiger partial charge in [0.05, 0.1) is 0 Å². The Balaban J connectivity index is 2.74. The summed E-state index contributed by atoms with van der Waals surface area (Å²) in [6, 6.07) is 0. The summed E-state index contributed by atoms with van der Waals surface area (Å²) < 4.78 is 26.4. The maximum Gasteiger partial charge on any atom is 0.199 e. The SMILES string of the molecule is C=C(O)/C(F)=C(/F)C(=C)C1CCCCC1. The molecule has 84 valence electrons. The molecule has 0 aliphatic heterocycles. The average Bonchev–Trinajstić information content (AvgIpc) is 2.27. The van der Waals surface area contributed by atoms with E-state index < -0.39 is 17.4 Å². The first kappa shape index (κ1) is 12.0. The Morgan fingerprint density at radius 3 is 2.00 bits per heavy atom. The fourth-order valence-electron chi connectivity index (χ4n) is 1.90. The number of allylic oxidation sites excluding steroid dienone is 3. The van der Waals surface area contributed by atoms with E-state index >= 15 is 0 Å². The molecule has 1 aliphatic carbocycles. The molecular weight excluding hydrogens is 198 g/mol. The van der Waals surface area contributed by atoms with Gasteiger partial charge in [-0.2, -0.15) is 4.39 Å². The Kier molecular flexibility index (Phi) is 4.06. The third-order valence-corrected chi connectivity index (χ3v) is 2.83. The van der Waals surface area contributed by atoms with Crippen molar-refractivity contribution in [3.05, 3.63) is 36.1 Å². The minimum absolute atomic E-state index is 0.00356. The highest BCUT2D eigenvalue weighted by molar-refractivity contribution is 5.33. The van der Waals surface area contributed by atoms with Gasteiger partial charge >= 0.3 is 0 Å². The Morgan fingerprint density at radius 1 is 1.00 bits per heavy atom. The fourth-order valence-corrected chi connectivity index (χ4v) is 1.90. The van der Waals surface area contributed by atoms with Crippen molar-refractivity contribution in [2.45, 2.75) is 32.1 Å². The molecule has 1 saturated carbocycles. The van der Waals surface area contributed by atoms with Crippen LogP contribution in [0.3, 0.4) is 0 Å². The monoisotopic (exact) mass is 214 g/mol. The van der Waals surface area contributed by atoms with Crippen LogP contribution in [-0.4, -0.2) is 5.11 Å². The van der Waals surface area contributed by atoms with Gasteiger partial charge in [0, 0.05) is 0 Å². The summed E-state index contributed by atoms with van der Waals surface area (Å²) >= 11 is 0. The number of halogens is 2. The maximum absolute atomic E-state index is 13.4. The molecule has 0 aromatic heterocycles. The van der Waals surface area contributed by atoms with E-state index in [0.717, 1.165) is 32.1 Å². The molecule has 1 N–H and O–H groups in total. The zero-order valence-electron chi connectivity index (χ0n) is 8.73. The lowest BCUT2D eigenvalue weighted by Gasteiger charge is -2.22. The molecule has 0 aromatic carbocycles. The molecule has 0 atom stereocenters. The van der Waals surface area contributed by atoms with Gasteiger partial charge in [-0.05, 0) is 24.3 Å². The van der Waals surface area contributed by atoms with Crippen molar-refractivity contribution in [1.29, 1.82) is 0 Å². The highest BCUT2D eigenvalue weighted by Gasteiger charge is 2.22. The fraction of sp³-hybridized carbons (Fsp3) is 0.500. The van der Waals surface area contributed by atoms with Crippen molar-refractivity contribution in [3.63, 3.8) is 0 Å². The quantitative estimate of drug-likeness (QED) is 0.547. The van der Waals surface area contributed by atoms with E-state index in [4.69, 9.17) is 5.11 Å². The van der Waals surface area contributed by atoms with E-state index in [1.54, 1.807) is 0 Å². The number of hydrogen-bond acceptors (Lipinski definition) is 1. The molecule has 0 bridgehead atoms. The standard InChI is InChI=1S/C12H16F2O/c1-8(10-6-4-3-5-7-10)11(13)12(14)9(2)15/h10,15H,1-7H2/b12-11-. The van der Waals surface area contributed by atoms with Crippen molar-refractivity contribution in [1.82, 2.24) is 0 Å². The first-order valence-electron chi connectivity index (χ1n) is 5.16. The molecule has 1 aliphatic rings. The Morgan fingerprint density at radius 2 is 1.53 bits per heavy atom. The molecule has 0 amide bonds. The second kappa shape index (κ2) is 5.10. The lowest BCUT2D eigenvalue weighted by atomic mass is 9.84. The Hall–Kier alpha value is -1.12. The predicted octanol–water partition coefficient (Wildman–Crippen LogP) is 4.35. The van der Waals surface area contributed by atoms with Crippen LogP contribution in [0.15, 0.2) is 36.1 Å². The summed E-state index contributed by atoms with van der Waals surface area (Å²) in [5, 5.41) is 8.73. The summed E-state index contributed by atoms with van der Waals surface area (Å²) in [6.07, 6.45) is 4.89. The van der Waals surface area contributed by atoms with Crippen LogP contribution in [0.25, 0.3) is 0 Å². The van der Waals surface area contributed by atoms with Crippen molar-refractivity contribution in [2.75, 3.05) is 0 Å². The molecule has 1 fully saturated rings. The first-order valence-corrected chi connectivity index (χ1v) is 5.16. The molecule has 0 aromatic rings. The molecule has 15 heavy (non-hydrogen) atoms. The third-order valence-electron chi connectivity index (χ3n) is 2.83. The molecule has 0 saturated heterocycles. The van der Waals surface area contributed by atoms with E-state index in [-0.39, 0.29) is 11.5 Å². The Labute approximate surface area is 88.8 Å². The minimum Gasteiger partial charge on any atom is -0.505 e. The van der Waals surface area contributed by atoms with Gasteiger partial charge in [0.25, 0.3) is 0 Å². The van der Waals surface area contributed by atoms with Gasteiger partial charge in [-0.25, -0.2) is 4.39 Å². The normalized spacial score (nSPS) is 19.6. The highest BCUT2D eigenvalue weighted by Crippen LogP contribution is 2.34. The average molecular weight is 214 g/mol. The van der Waals surface area contributed by atoms with Crippen molar-refractivity contribution in [2.24, 2.45) is 5.92 Å². The zero-order chi connectivity index (χ0) is 11.4. The van der Waals surface area contributed by atoms with Gasteiger partial charge < -0.3 is 5.11 Å². The van der Waals surface area contributed by atoms with Crippen LogP contribution in [0, 0.1) is 5.92 Å².